The lowest BCUT2D eigenvalue weighted by atomic mass is 9.94. The van der Waals surface area contributed by atoms with Gasteiger partial charge in [-0.2, -0.15) is 0 Å². The third-order valence-corrected chi connectivity index (χ3v) is 5.51. The topological polar surface area (TPSA) is 27.7 Å². The van der Waals surface area contributed by atoms with E-state index in [0.29, 0.717) is 17.1 Å². The predicted octanol–water partition coefficient (Wildman–Crippen LogP) is 6.47. The van der Waals surface area contributed by atoms with Crippen molar-refractivity contribution in [2.24, 2.45) is 0 Å². The average Bonchev–Trinajstić information content (AvgIpc) is 3.37. The highest BCUT2D eigenvalue weighted by Crippen LogP contribution is 2.52. The third-order valence-electron chi connectivity index (χ3n) is 5.51. The van der Waals surface area contributed by atoms with Crippen LogP contribution in [0.5, 0.6) is 23.0 Å². The zero-order valence-corrected chi connectivity index (χ0v) is 16.2. The molecule has 1 aliphatic carbocycles. The Morgan fingerprint density at radius 1 is 0.967 bits per heavy atom. The van der Waals surface area contributed by atoms with Crippen LogP contribution < -0.4 is 14.2 Å². The van der Waals surface area contributed by atoms with Crippen LogP contribution in [0.15, 0.2) is 78.6 Å². The molecule has 5 rings (SSSR count). The standard InChI is InChI=1S/C25H20F2O3/c26-19(15-25(10-11-25)18-7-9-22-24(14-18)29-16-28-22)12-17-6-8-21(27)23(13-17)30-20-4-2-1-3-5-20/h1-9,13-15H,10-12,16H2/b19-15-. The molecule has 30 heavy (non-hydrogen) atoms. The first kappa shape index (κ1) is 18.7. The van der Waals surface area contributed by atoms with Crippen LogP contribution >= 0.6 is 0 Å². The molecule has 0 amide bonds. The summed E-state index contributed by atoms with van der Waals surface area (Å²) < 4.78 is 45.5. The molecular weight excluding hydrogens is 386 g/mol. The lowest BCUT2D eigenvalue weighted by molar-refractivity contribution is 0.174. The summed E-state index contributed by atoms with van der Waals surface area (Å²) in [5.41, 5.74) is 1.36. The summed E-state index contributed by atoms with van der Waals surface area (Å²) in [6, 6.07) is 19.2. The molecule has 0 radical (unpaired) electrons. The summed E-state index contributed by atoms with van der Waals surface area (Å²) in [7, 11) is 0. The molecule has 0 N–H and O–H groups in total. The zero-order valence-electron chi connectivity index (χ0n) is 16.2. The van der Waals surface area contributed by atoms with Gasteiger partial charge in [0.1, 0.15) is 11.6 Å². The van der Waals surface area contributed by atoms with Crippen LogP contribution in [0.3, 0.4) is 0 Å². The van der Waals surface area contributed by atoms with Crippen molar-refractivity contribution in [3.8, 4) is 23.0 Å². The van der Waals surface area contributed by atoms with Crippen molar-refractivity contribution < 1.29 is 23.0 Å². The van der Waals surface area contributed by atoms with Crippen LogP contribution in [0.1, 0.15) is 24.0 Å². The number of hydrogen-bond acceptors (Lipinski definition) is 3. The van der Waals surface area contributed by atoms with E-state index in [1.165, 1.54) is 6.07 Å². The van der Waals surface area contributed by atoms with Crippen LogP contribution in [-0.4, -0.2) is 6.79 Å². The van der Waals surface area contributed by atoms with Crippen molar-refractivity contribution in [3.05, 3.63) is 95.6 Å². The predicted molar refractivity (Wildman–Crippen MR) is 109 cm³/mol. The Morgan fingerprint density at radius 2 is 1.77 bits per heavy atom. The molecule has 3 aromatic rings. The lowest BCUT2D eigenvalue weighted by Gasteiger charge is -2.13. The molecule has 0 saturated heterocycles. The van der Waals surface area contributed by atoms with Gasteiger partial charge in [-0.25, -0.2) is 8.78 Å². The van der Waals surface area contributed by atoms with E-state index in [1.807, 2.05) is 36.4 Å². The summed E-state index contributed by atoms with van der Waals surface area (Å²) in [6.07, 6.45) is 3.53. The van der Waals surface area contributed by atoms with E-state index in [0.717, 1.165) is 24.2 Å². The number of para-hydroxylation sites is 1. The lowest BCUT2D eigenvalue weighted by Crippen LogP contribution is -2.04. The number of benzene rings is 3. The van der Waals surface area contributed by atoms with Crippen LogP contribution in [0.4, 0.5) is 8.78 Å². The Hall–Kier alpha value is -3.34. The van der Waals surface area contributed by atoms with Gasteiger partial charge in [-0.3, -0.25) is 0 Å². The van der Waals surface area contributed by atoms with Crippen molar-refractivity contribution in [2.75, 3.05) is 6.79 Å². The average molecular weight is 406 g/mol. The molecule has 1 fully saturated rings. The van der Waals surface area contributed by atoms with Crippen LogP contribution in [0.25, 0.3) is 0 Å². The zero-order chi connectivity index (χ0) is 20.6. The van der Waals surface area contributed by atoms with Gasteiger partial charge in [0.15, 0.2) is 23.1 Å². The van der Waals surface area contributed by atoms with E-state index in [4.69, 9.17) is 14.2 Å². The first-order valence-electron chi connectivity index (χ1n) is 9.90. The molecule has 152 valence electrons. The first-order valence-corrected chi connectivity index (χ1v) is 9.90. The fraction of sp³-hybridized carbons (Fsp3) is 0.200. The van der Waals surface area contributed by atoms with E-state index in [2.05, 4.69) is 0 Å². The highest BCUT2D eigenvalue weighted by molar-refractivity contribution is 5.50. The molecular formula is C25H20F2O3. The maximum atomic E-state index is 14.9. The van der Waals surface area contributed by atoms with Crippen LogP contribution in [-0.2, 0) is 11.8 Å². The molecule has 3 nitrogen and oxygen atoms in total. The maximum Gasteiger partial charge on any atom is 0.231 e. The first-order chi connectivity index (χ1) is 14.6. The minimum Gasteiger partial charge on any atom is -0.454 e. The molecule has 0 bridgehead atoms. The van der Waals surface area contributed by atoms with Gasteiger partial charge in [0, 0.05) is 11.8 Å². The van der Waals surface area contributed by atoms with E-state index in [9.17, 15) is 8.78 Å². The van der Waals surface area contributed by atoms with Gasteiger partial charge >= 0.3 is 0 Å². The second-order valence-corrected chi connectivity index (χ2v) is 7.67. The number of allylic oxidation sites excluding steroid dienone is 2. The Balaban J connectivity index is 1.34. The molecule has 3 aromatic carbocycles. The highest BCUT2D eigenvalue weighted by Gasteiger charge is 2.43. The fourth-order valence-electron chi connectivity index (χ4n) is 3.75. The SMILES string of the molecule is F/C(=C\C1(c2ccc3c(c2)OCO3)CC1)Cc1ccc(F)c(Oc2ccccc2)c1. The Morgan fingerprint density at radius 3 is 2.57 bits per heavy atom. The summed E-state index contributed by atoms with van der Waals surface area (Å²) >= 11 is 0. The van der Waals surface area contributed by atoms with Gasteiger partial charge in [0.05, 0.1) is 0 Å². The highest BCUT2D eigenvalue weighted by atomic mass is 19.1. The van der Waals surface area contributed by atoms with E-state index < -0.39 is 5.82 Å². The normalized spacial score (nSPS) is 16.4. The fourth-order valence-corrected chi connectivity index (χ4v) is 3.75. The molecule has 5 heteroatoms. The van der Waals surface area contributed by atoms with E-state index in [1.54, 1.807) is 30.3 Å². The molecule has 0 aromatic heterocycles. The summed E-state index contributed by atoms with van der Waals surface area (Å²) in [5.74, 6) is 1.31. The summed E-state index contributed by atoms with van der Waals surface area (Å²) in [4.78, 5) is 0. The van der Waals surface area contributed by atoms with Crippen molar-refractivity contribution in [1.29, 1.82) is 0 Å². The largest absolute Gasteiger partial charge is 0.454 e. The van der Waals surface area contributed by atoms with Crippen molar-refractivity contribution >= 4 is 0 Å². The molecule has 0 atom stereocenters. The van der Waals surface area contributed by atoms with Crippen LogP contribution in [0, 0.1) is 5.82 Å². The number of fused-ring (bicyclic) bond motifs is 1. The van der Waals surface area contributed by atoms with Gasteiger partial charge < -0.3 is 14.2 Å². The molecule has 2 aliphatic rings. The van der Waals surface area contributed by atoms with Gasteiger partial charge in [-0.1, -0.05) is 30.3 Å². The molecule has 1 heterocycles. The Kier molecular flexibility index (Phi) is 4.66. The summed E-state index contributed by atoms with van der Waals surface area (Å²) in [6.45, 7) is 0.216. The number of rotatable bonds is 6. The minimum absolute atomic E-state index is 0.0811. The van der Waals surface area contributed by atoms with Gasteiger partial charge in [0.25, 0.3) is 0 Å². The molecule has 0 unspecified atom stereocenters. The van der Waals surface area contributed by atoms with Crippen molar-refractivity contribution in [3.63, 3.8) is 0 Å². The smallest absolute Gasteiger partial charge is 0.231 e. The second-order valence-electron chi connectivity index (χ2n) is 7.67. The third kappa shape index (κ3) is 3.75. The minimum atomic E-state index is -0.481. The van der Waals surface area contributed by atoms with Crippen molar-refractivity contribution in [1.82, 2.24) is 0 Å². The maximum absolute atomic E-state index is 14.9. The number of ether oxygens (including phenoxy) is 3. The van der Waals surface area contributed by atoms with Crippen LogP contribution in [0.2, 0.25) is 0 Å². The molecule has 0 spiro atoms. The second kappa shape index (κ2) is 7.48. The molecule has 1 aliphatic heterocycles. The van der Waals surface area contributed by atoms with E-state index >= 15 is 0 Å². The van der Waals surface area contributed by atoms with Gasteiger partial charge in [-0.15, -0.1) is 0 Å². The Bertz CT molecular complexity index is 1100. The van der Waals surface area contributed by atoms with Gasteiger partial charge in [-0.05, 0) is 66.4 Å². The summed E-state index contributed by atoms with van der Waals surface area (Å²) in [5, 5.41) is 0. The quantitative estimate of drug-likeness (QED) is 0.469. The van der Waals surface area contributed by atoms with Gasteiger partial charge in [0.2, 0.25) is 6.79 Å². The van der Waals surface area contributed by atoms with Crippen molar-refractivity contribution in [2.45, 2.75) is 24.7 Å². The molecule has 1 saturated carbocycles. The monoisotopic (exact) mass is 406 g/mol. The Labute approximate surface area is 173 Å². The van der Waals surface area contributed by atoms with E-state index in [-0.39, 0.29) is 30.2 Å². The number of halogens is 2. The number of hydrogen-bond donors (Lipinski definition) is 0.